The van der Waals surface area contributed by atoms with Crippen LogP contribution in [0.25, 0.3) is 21.7 Å². The molecule has 100 valence electrons. The van der Waals surface area contributed by atoms with Gasteiger partial charge >= 0.3 is 0 Å². The molecule has 5 nitrogen and oxygen atoms in total. The lowest BCUT2D eigenvalue weighted by Crippen LogP contribution is -1.99. The second-order valence-electron chi connectivity index (χ2n) is 4.96. The third-order valence-electron chi connectivity index (χ3n) is 3.60. The minimum Gasteiger partial charge on any atom is -0.383 e. The van der Waals surface area contributed by atoms with Crippen molar-refractivity contribution < 1.29 is 0 Å². The van der Waals surface area contributed by atoms with Crippen LogP contribution in [0.15, 0.2) is 12.3 Å². The molecule has 0 saturated heterocycles. The molecule has 0 unspecified atom stereocenters. The topological polar surface area (TPSA) is 77.6 Å². The van der Waals surface area contributed by atoms with Gasteiger partial charge in [-0.2, -0.15) is 0 Å². The highest BCUT2D eigenvalue weighted by Gasteiger charge is 2.21. The van der Waals surface area contributed by atoms with Crippen molar-refractivity contribution in [1.29, 1.82) is 0 Å². The van der Waals surface area contributed by atoms with E-state index in [0.29, 0.717) is 17.5 Å². The summed E-state index contributed by atoms with van der Waals surface area (Å²) in [6, 6.07) is 1.81. The fourth-order valence-electron chi connectivity index (χ4n) is 2.72. The van der Waals surface area contributed by atoms with E-state index >= 15 is 0 Å². The van der Waals surface area contributed by atoms with Crippen molar-refractivity contribution in [2.45, 2.75) is 26.2 Å². The molecule has 0 spiro atoms. The average molecular weight is 283 g/mol. The molecule has 3 aromatic rings. The summed E-state index contributed by atoms with van der Waals surface area (Å²) in [6.07, 6.45) is 5.16. The minimum atomic E-state index is 0.570. The van der Waals surface area contributed by atoms with Crippen molar-refractivity contribution in [1.82, 2.24) is 19.9 Å². The Morgan fingerprint density at radius 2 is 2.10 bits per heavy atom. The van der Waals surface area contributed by atoms with E-state index in [1.165, 1.54) is 16.9 Å². The number of anilines is 1. The lowest BCUT2D eigenvalue weighted by atomic mass is 10.2. The van der Waals surface area contributed by atoms with Crippen LogP contribution in [-0.2, 0) is 12.8 Å². The first-order valence-corrected chi connectivity index (χ1v) is 7.42. The number of rotatable bonds is 1. The molecule has 0 bridgehead atoms. The van der Waals surface area contributed by atoms with Gasteiger partial charge in [0.05, 0.1) is 5.39 Å². The summed E-state index contributed by atoms with van der Waals surface area (Å²) in [5.74, 6) is 1.86. The maximum absolute atomic E-state index is 6.16. The summed E-state index contributed by atoms with van der Waals surface area (Å²) in [5.41, 5.74) is 8.24. The van der Waals surface area contributed by atoms with Crippen molar-refractivity contribution in [3.63, 3.8) is 0 Å². The Balaban J connectivity index is 1.95. The van der Waals surface area contributed by atoms with Crippen LogP contribution >= 0.6 is 11.3 Å². The fraction of sp³-hybridized carbons (Fsp3) is 0.286. The number of fused-ring (bicyclic) bond motifs is 3. The van der Waals surface area contributed by atoms with Crippen molar-refractivity contribution in [3.8, 4) is 11.5 Å². The number of thiophene rings is 1. The maximum Gasteiger partial charge on any atom is 0.181 e. The molecule has 3 aromatic heterocycles. The highest BCUT2D eigenvalue weighted by atomic mass is 32.1. The molecule has 6 heteroatoms. The molecule has 0 amide bonds. The van der Waals surface area contributed by atoms with E-state index in [1.807, 2.05) is 13.0 Å². The Hall–Kier alpha value is -2.08. The fourth-order valence-corrected chi connectivity index (χ4v) is 3.99. The Morgan fingerprint density at radius 1 is 1.20 bits per heavy atom. The standard InChI is InChI=1S/C14H13N5S/c1-7-16-6-5-9(17-7)13-18-12(15)11-8-3-2-4-10(8)20-14(11)19-13/h5-6H,2-4H2,1H3,(H2,15,18,19). The Morgan fingerprint density at radius 3 is 2.95 bits per heavy atom. The lowest BCUT2D eigenvalue weighted by molar-refractivity contribution is 0.917. The van der Waals surface area contributed by atoms with Gasteiger partial charge in [-0.15, -0.1) is 11.3 Å². The van der Waals surface area contributed by atoms with Crippen LogP contribution < -0.4 is 5.73 Å². The van der Waals surface area contributed by atoms with Gasteiger partial charge in [-0.1, -0.05) is 0 Å². The molecule has 20 heavy (non-hydrogen) atoms. The molecular formula is C14H13N5S. The number of nitrogen functional groups attached to an aromatic ring is 1. The van der Waals surface area contributed by atoms with Gasteiger partial charge in [-0.25, -0.2) is 19.9 Å². The van der Waals surface area contributed by atoms with Crippen LogP contribution in [0.4, 0.5) is 5.82 Å². The Labute approximate surface area is 119 Å². The van der Waals surface area contributed by atoms with Gasteiger partial charge in [-0.3, -0.25) is 0 Å². The zero-order chi connectivity index (χ0) is 13.7. The number of nitrogens with zero attached hydrogens (tertiary/aromatic N) is 4. The summed E-state index contributed by atoms with van der Waals surface area (Å²) >= 11 is 1.74. The van der Waals surface area contributed by atoms with Crippen molar-refractivity contribution in [2.75, 3.05) is 5.73 Å². The first-order chi connectivity index (χ1) is 9.72. The molecule has 0 aromatic carbocycles. The molecule has 4 rings (SSSR count). The van der Waals surface area contributed by atoms with E-state index in [-0.39, 0.29) is 0 Å². The van der Waals surface area contributed by atoms with Crippen molar-refractivity contribution in [3.05, 3.63) is 28.5 Å². The van der Waals surface area contributed by atoms with E-state index in [1.54, 1.807) is 17.5 Å². The predicted molar refractivity (Wildman–Crippen MR) is 79.6 cm³/mol. The molecule has 0 atom stereocenters. The second kappa shape index (κ2) is 4.21. The smallest absolute Gasteiger partial charge is 0.181 e. The number of hydrogen-bond donors (Lipinski definition) is 1. The summed E-state index contributed by atoms with van der Waals surface area (Å²) in [5, 5.41) is 1.05. The minimum absolute atomic E-state index is 0.570. The Bertz CT molecular complexity index is 824. The van der Waals surface area contributed by atoms with Gasteiger partial charge in [-0.05, 0) is 37.8 Å². The molecular weight excluding hydrogens is 270 g/mol. The highest BCUT2D eigenvalue weighted by molar-refractivity contribution is 7.19. The van der Waals surface area contributed by atoms with E-state index in [9.17, 15) is 0 Å². The number of hydrogen-bond acceptors (Lipinski definition) is 6. The molecule has 0 fully saturated rings. The predicted octanol–water partition coefficient (Wildman–Crippen LogP) is 2.53. The lowest BCUT2D eigenvalue weighted by Gasteiger charge is -2.03. The zero-order valence-corrected chi connectivity index (χ0v) is 11.9. The van der Waals surface area contributed by atoms with E-state index in [0.717, 1.165) is 28.8 Å². The zero-order valence-electron chi connectivity index (χ0n) is 11.1. The molecule has 3 heterocycles. The SMILES string of the molecule is Cc1nccc(-c2nc(N)c3c4c(sc3n2)CCC4)n1. The molecule has 1 aliphatic rings. The normalized spacial score (nSPS) is 13.8. The number of nitrogens with two attached hydrogens (primary N) is 1. The van der Waals surface area contributed by atoms with Crippen LogP contribution in [0.5, 0.6) is 0 Å². The maximum atomic E-state index is 6.16. The Kier molecular flexibility index (Phi) is 2.47. The van der Waals surface area contributed by atoms with Crippen LogP contribution in [-0.4, -0.2) is 19.9 Å². The van der Waals surface area contributed by atoms with E-state index in [2.05, 4.69) is 19.9 Å². The summed E-state index contributed by atoms with van der Waals surface area (Å²) in [4.78, 5) is 20.0. The van der Waals surface area contributed by atoms with Gasteiger partial charge < -0.3 is 5.73 Å². The van der Waals surface area contributed by atoms with Crippen molar-refractivity contribution in [2.24, 2.45) is 0 Å². The van der Waals surface area contributed by atoms with Gasteiger partial charge in [0.25, 0.3) is 0 Å². The average Bonchev–Trinajstić information content (AvgIpc) is 2.98. The molecule has 0 aliphatic heterocycles. The van der Waals surface area contributed by atoms with Gasteiger partial charge in [0.2, 0.25) is 0 Å². The van der Waals surface area contributed by atoms with E-state index in [4.69, 9.17) is 5.73 Å². The van der Waals surface area contributed by atoms with Crippen LogP contribution in [0.3, 0.4) is 0 Å². The largest absolute Gasteiger partial charge is 0.383 e. The molecule has 0 saturated carbocycles. The number of aromatic nitrogens is 4. The first kappa shape index (κ1) is 11.7. The third-order valence-corrected chi connectivity index (χ3v) is 4.78. The molecule has 1 aliphatic carbocycles. The number of aryl methyl sites for hydroxylation is 3. The van der Waals surface area contributed by atoms with Gasteiger partial charge in [0, 0.05) is 11.1 Å². The van der Waals surface area contributed by atoms with Crippen LogP contribution in [0.2, 0.25) is 0 Å². The molecule has 2 N–H and O–H groups in total. The third kappa shape index (κ3) is 1.68. The second-order valence-corrected chi connectivity index (χ2v) is 6.04. The van der Waals surface area contributed by atoms with Gasteiger partial charge in [0.1, 0.15) is 22.2 Å². The summed E-state index contributed by atoms with van der Waals surface area (Å²) in [7, 11) is 0. The molecule has 0 radical (unpaired) electrons. The monoisotopic (exact) mass is 283 g/mol. The summed E-state index contributed by atoms with van der Waals surface area (Å²) < 4.78 is 0. The quantitative estimate of drug-likeness (QED) is 0.742. The van der Waals surface area contributed by atoms with Crippen molar-refractivity contribution >= 4 is 27.4 Å². The van der Waals surface area contributed by atoms with Crippen LogP contribution in [0, 0.1) is 6.92 Å². The first-order valence-electron chi connectivity index (χ1n) is 6.60. The van der Waals surface area contributed by atoms with E-state index < -0.39 is 0 Å². The summed E-state index contributed by atoms with van der Waals surface area (Å²) in [6.45, 7) is 1.85. The van der Waals surface area contributed by atoms with Crippen LogP contribution in [0.1, 0.15) is 22.7 Å². The van der Waals surface area contributed by atoms with Gasteiger partial charge in [0.15, 0.2) is 5.82 Å². The highest BCUT2D eigenvalue weighted by Crippen LogP contribution is 2.39.